The highest BCUT2D eigenvalue weighted by atomic mass is 16.2. The summed E-state index contributed by atoms with van der Waals surface area (Å²) in [7, 11) is 0. The molecule has 0 saturated heterocycles. The maximum absolute atomic E-state index is 12.1. The van der Waals surface area contributed by atoms with Gasteiger partial charge in [-0.3, -0.25) is 9.48 Å². The molecule has 3 N–H and O–H groups in total. The fourth-order valence-electron chi connectivity index (χ4n) is 2.04. The third kappa shape index (κ3) is 4.24. The molecule has 0 aliphatic rings. The van der Waals surface area contributed by atoms with E-state index in [1.807, 2.05) is 6.92 Å². The number of carbonyl (C=O) groups is 1. The minimum absolute atomic E-state index is 0.149. The predicted molar refractivity (Wildman–Crippen MR) is 77.1 cm³/mol. The Morgan fingerprint density at radius 1 is 1.42 bits per heavy atom. The van der Waals surface area contributed by atoms with Crippen LogP contribution in [0.2, 0.25) is 0 Å². The van der Waals surface area contributed by atoms with Crippen molar-refractivity contribution in [3.05, 3.63) is 11.9 Å². The molecule has 0 radical (unpaired) electrons. The van der Waals surface area contributed by atoms with E-state index in [2.05, 4.69) is 29.2 Å². The molecule has 0 unspecified atom stereocenters. The van der Waals surface area contributed by atoms with Gasteiger partial charge < -0.3 is 16.0 Å². The van der Waals surface area contributed by atoms with Crippen molar-refractivity contribution in [1.29, 1.82) is 0 Å². The smallest absolute Gasteiger partial charge is 0.271 e. The molecular formula is C13H25N5O. The molecule has 1 amide bonds. The van der Waals surface area contributed by atoms with Crippen molar-refractivity contribution in [3.8, 4) is 0 Å². The van der Waals surface area contributed by atoms with Crippen LogP contribution in [0.15, 0.2) is 6.20 Å². The van der Waals surface area contributed by atoms with Gasteiger partial charge >= 0.3 is 0 Å². The summed E-state index contributed by atoms with van der Waals surface area (Å²) in [6.07, 6.45) is 2.64. The number of aromatic nitrogens is 2. The maximum atomic E-state index is 12.1. The number of rotatable bonds is 8. The van der Waals surface area contributed by atoms with Gasteiger partial charge in [-0.2, -0.15) is 5.10 Å². The van der Waals surface area contributed by atoms with E-state index >= 15 is 0 Å². The van der Waals surface area contributed by atoms with Gasteiger partial charge in [0.05, 0.1) is 11.9 Å². The molecule has 0 atom stereocenters. The first-order chi connectivity index (χ1) is 9.13. The zero-order valence-electron chi connectivity index (χ0n) is 12.1. The monoisotopic (exact) mass is 267 g/mol. The molecule has 1 heterocycles. The third-order valence-corrected chi connectivity index (χ3v) is 3.08. The summed E-state index contributed by atoms with van der Waals surface area (Å²) in [5.74, 6) is -0.149. The Bertz CT molecular complexity index is 402. The summed E-state index contributed by atoms with van der Waals surface area (Å²) in [4.78, 5) is 14.4. The van der Waals surface area contributed by atoms with Gasteiger partial charge in [-0.15, -0.1) is 0 Å². The average molecular weight is 267 g/mol. The molecule has 108 valence electrons. The van der Waals surface area contributed by atoms with Gasteiger partial charge in [0.25, 0.3) is 5.91 Å². The van der Waals surface area contributed by atoms with Crippen LogP contribution in [0.25, 0.3) is 0 Å². The van der Waals surface area contributed by atoms with Crippen LogP contribution < -0.4 is 11.1 Å². The second-order valence-corrected chi connectivity index (χ2v) is 4.45. The highest BCUT2D eigenvalue weighted by molar-refractivity contribution is 5.97. The van der Waals surface area contributed by atoms with E-state index in [0.717, 1.165) is 26.1 Å². The Kier molecular flexibility index (Phi) is 6.35. The molecule has 19 heavy (non-hydrogen) atoms. The summed E-state index contributed by atoms with van der Waals surface area (Å²) in [6.45, 7) is 10.4. The van der Waals surface area contributed by atoms with Crippen LogP contribution >= 0.6 is 0 Å². The lowest BCUT2D eigenvalue weighted by molar-refractivity contribution is 0.0939. The fourth-order valence-corrected chi connectivity index (χ4v) is 2.04. The minimum atomic E-state index is -0.149. The molecule has 0 saturated carbocycles. The highest BCUT2D eigenvalue weighted by Crippen LogP contribution is 2.10. The number of nitrogens with two attached hydrogens (primary N) is 1. The van der Waals surface area contributed by atoms with Crippen molar-refractivity contribution < 1.29 is 4.79 Å². The van der Waals surface area contributed by atoms with Crippen LogP contribution in [-0.2, 0) is 6.54 Å². The maximum Gasteiger partial charge on any atom is 0.271 e. The van der Waals surface area contributed by atoms with Crippen LogP contribution in [0.4, 0.5) is 5.69 Å². The second-order valence-electron chi connectivity index (χ2n) is 4.45. The third-order valence-electron chi connectivity index (χ3n) is 3.08. The molecule has 0 spiro atoms. The summed E-state index contributed by atoms with van der Waals surface area (Å²) in [6, 6.07) is 0. The molecule has 1 aromatic heterocycles. The number of nitrogens with zero attached hydrogens (tertiary/aromatic N) is 3. The number of nitrogens with one attached hydrogen (secondary N) is 1. The number of anilines is 1. The van der Waals surface area contributed by atoms with E-state index in [9.17, 15) is 4.79 Å². The Morgan fingerprint density at radius 3 is 2.74 bits per heavy atom. The molecule has 6 heteroatoms. The molecule has 0 aliphatic heterocycles. The van der Waals surface area contributed by atoms with E-state index in [-0.39, 0.29) is 5.91 Å². The van der Waals surface area contributed by atoms with Crippen LogP contribution in [0.5, 0.6) is 0 Å². The number of aryl methyl sites for hydroxylation is 1. The number of hydrogen-bond donors (Lipinski definition) is 2. The zero-order valence-corrected chi connectivity index (χ0v) is 12.1. The van der Waals surface area contributed by atoms with Crippen molar-refractivity contribution in [2.24, 2.45) is 0 Å². The molecule has 1 aromatic rings. The van der Waals surface area contributed by atoms with Gasteiger partial charge in [-0.25, -0.2) is 0 Å². The Hall–Kier alpha value is -1.56. The van der Waals surface area contributed by atoms with Crippen molar-refractivity contribution in [2.45, 2.75) is 33.7 Å². The predicted octanol–water partition coefficient (Wildman–Crippen LogP) is 0.947. The lowest BCUT2D eigenvalue weighted by Gasteiger charge is -2.19. The summed E-state index contributed by atoms with van der Waals surface area (Å²) in [5.41, 5.74) is 6.66. The zero-order chi connectivity index (χ0) is 14.3. The first-order valence-electron chi connectivity index (χ1n) is 6.95. The fraction of sp³-hybridized carbons (Fsp3) is 0.692. The largest absolute Gasteiger partial charge is 0.396 e. The van der Waals surface area contributed by atoms with Gasteiger partial charge in [0.2, 0.25) is 0 Å². The van der Waals surface area contributed by atoms with E-state index in [1.54, 1.807) is 4.68 Å². The quantitative estimate of drug-likeness (QED) is 0.735. The van der Waals surface area contributed by atoms with Crippen LogP contribution in [0.3, 0.4) is 0 Å². The SMILES string of the molecule is CCCN(CC)CCNC(=O)c1c(N)cnn1CC. The summed E-state index contributed by atoms with van der Waals surface area (Å²) < 4.78 is 1.62. The van der Waals surface area contributed by atoms with Gasteiger partial charge in [0.1, 0.15) is 5.69 Å². The topological polar surface area (TPSA) is 76.2 Å². The molecule has 0 aromatic carbocycles. The Balaban J connectivity index is 2.49. The van der Waals surface area contributed by atoms with Crippen molar-refractivity contribution >= 4 is 11.6 Å². The van der Waals surface area contributed by atoms with E-state index in [1.165, 1.54) is 6.20 Å². The number of likely N-dealkylation sites (N-methyl/N-ethyl adjacent to an activating group) is 1. The Morgan fingerprint density at radius 2 is 2.16 bits per heavy atom. The van der Waals surface area contributed by atoms with Gasteiger partial charge in [-0.05, 0) is 26.4 Å². The van der Waals surface area contributed by atoms with Gasteiger partial charge in [0, 0.05) is 19.6 Å². The highest BCUT2D eigenvalue weighted by Gasteiger charge is 2.15. The summed E-state index contributed by atoms with van der Waals surface area (Å²) >= 11 is 0. The summed E-state index contributed by atoms with van der Waals surface area (Å²) in [5, 5.41) is 6.97. The number of carbonyl (C=O) groups excluding carboxylic acids is 1. The lowest BCUT2D eigenvalue weighted by atomic mass is 10.3. The van der Waals surface area contributed by atoms with Crippen molar-refractivity contribution in [2.75, 3.05) is 31.9 Å². The van der Waals surface area contributed by atoms with E-state index < -0.39 is 0 Å². The molecule has 1 rings (SSSR count). The average Bonchev–Trinajstić information content (AvgIpc) is 2.78. The first-order valence-corrected chi connectivity index (χ1v) is 6.95. The van der Waals surface area contributed by atoms with Gasteiger partial charge in [0.15, 0.2) is 0 Å². The van der Waals surface area contributed by atoms with Crippen LogP contribution in [-0.4, -0.2) is 46.8 Å². The molecule has 0 bridgehead atoms. The van der Waals surface area contributed by atoms with E-state index in [0.29, 0.717) is 24.5 Å². The Labute approximate surface area is 114 Å². The molecule has 6 nitrogen and oxygen atoms in total. The normalized spacial score (nSPS) is 10.9. The lowest BCUT2D eigenvalue weighted by Crippen LogP contribution is -2.36. The molecule has 0 fully saturated rings. The van der Waals surface area contributed by atoms with Crippen molar-refractivity contribution in [3.63, 3.8) is 0 Å². The standard InChI is InChI=1S/C13H25N5O/c1-4-8-17(5-2)9-7-15-13(19)12-11(14)10-16-18(12)6-3/h10H,4-9,14H2,1-3H3,(H,15,19). The molecular weight excluding hydrogens is 242 g/mol. The molecule has 0 aliphatic carbocycles. The number of nitrogen functional groups attached to an aromatic ring is 1. The first kappa shape index (κ1) is 15.5. The van der Waals surface area contributed by atoms with Gasteiger partial charge in [-0.1, -0.05) is 13.8 Å². The van der Waals surface area contributed by atoms with Crippen LogP contribution in [0.1, 0.15) is 37.7 Å². The van der Waals surface area contributed by atoms with Crippen LogP contribution in [0, 0.1) is 0 Å². The number of hydrogen-bond acceptors (Lipinski definition) is 4. The second kappa shape index (κ2) is 7.78. The number of amides is 1. The van der Waals surface area contributed by atoms with Crippen molar-refractivity contribution in [1.82, 2.24) is 20.0 Å². The van der Waals surface area contributed by atoms with E-state index in [4.69, 9.17) is 5.73 Å². The minimum Gasteiger partial charge on any atom is -0.396 e.